The van der Waals surface area contributed by atoms with Crippen molar-refractivity contribution in [2.24, 2.45) is 4.99 Å². The highest BCUT2D eigenvalue weighted by molar-refractivity contribution is 7.99. The van der Waals surface area contributed by atoms with Crippen molar-refractivity contribution >= 4 is 39.2 Å². The van der Waals surface area contributed by atoms with Crippen LogP contribution in [-0.4, -0.2) is 23.3 Å². The van der Waals surface area contributed by atoms with Crippen LogP contribution in [0.5, 0.6) is 5.75 Å². The average molecular weight is 397 g/mol. The monoisotopic (exact) mass is 396 g/mol. The molecule has 3 rings (SSSR count). The third-order valence-corrected chi connectivity index (χ3v) is 6.05. The quantitative estimate of drug-likeness (QED) is 0.339. The molecule has 0 radical (unpaired) electrons. The number of hydrogen-bond donors (Lipinski definition) is 0. The first-order chi connectivity index (χ1) is 13.2. The first-order valence-corrected chi connectivity index (χ1v) is 10.4. The van der Waals surface area contributed by atoms with Gasteiger partial charge in [0.2, 0.25) is 5.91 Å². The number of thioether (sulfide) groups is 1. The van der Waals surface area contributed by atoms with Gasteiger partial charge in [-0.05, 0) is 42.5 Å². The number of methoxy groups -OCH3 is 1. The maximum Gasteiger partial charge on any atom is 0.248 e. The molecule has 0 saturated heterocycles. The summed E-state index contributed by atoms with van der Waals surface area (Å²) in [5.41, 5.74) is 0.963. The van der Waals surface area contributed by atoms with Gasteiger partial charge in [0.25, 0.3) is 0 Å². The molecule has 27 heavy (non-hydrogen) atoms. The molecule has 0 fully saturated rings. The molecule has 0 aliphatic heterocycles. The Kier molecular flexibility index (Phi) is 6.74. The second-order valence-electron chi connectivity index (χ2n) is 5.78. The van der Waals surface area contributed by atoms with Gasteiger partial charge in [-0.3, -0.25) is 4.79 Å². The Morgan fingerprint density at radius 3 is 2.85 bits per heavy atom. The Bertz CT molecular complexity index is 1030. The lowest BCUT2D eigenvalue weighted by Crippen LogP contribution is -2.16. The highest BCUT2D eigenvalue weighted by Gasteiger charge is 2.08. The predicted molar refractivity (Wildman–Crippen MR) is 112 cm³/mol. The Hall–Kier alpha value is -2.49. The molecule has 0 unspecified atom stereocenters. The number of fused-ring (bicyclic) bond motifs is 1. The first kappa shape index (κ1) is 19.3. The SMILES string of the molecule is C#CCn1c(=NC(=O)CCCSc2ccccc2)sc2cc(OC)ccc21. The largest absolute Gasteiger partial charge is 0.497 e. The average Bonchev–Trinajstić information content (AvgIpc) is 3.02. The summed E-state index contributed by atoms with van der Waals surface area (Å²) in [6.45, 7) is 0.377. The van der Waals surface area contributed by atoms with E-state index >= 15 is 0 Å². The number of carbonyl (C=O) groups excluding carboxylic acids is 1. The van der Waals surface area contributed by atoms with Crippen LogP contribution < -0.4 is 9.54 Å². The third kappa shape index (κ3) is 5.03. The zero-order valence-corrected chi connectivity index (χ0v) is 16.7. The second-order valence-corrected chi connectivity index (χ2v) is 7.96. The first-order valence-electron chi connectivity index (χ1n) is 8.57. The fourth-order valence-electron chi connectivity index (χ4n) is 2.60. The zero-order chi connectivity index (χ0) is 19.1. The van der Waals surface area contributed by atoms with Crippen LogP contribution in [0.25, 0.3) is 10.2 Å². The lowest BCUT2D eigenvalue weighted by Gasteiger charge is -2.02. The van der Waals surface area contributed by atoms with E-state index in [4.69, 9.17) is 11.2 Å². The number of aromatic nitrogens is 1. The molecular formula is C21H20N2O2S2. The van der Waals surface area contributed by atoms with E-state index < -0.39 is 0 Å². The standard InChI is InChI=1S/C21H20N2O2S2/c1-3-13-23-18-12-11-16(25-2)15-19(18)27-21(23)22-20(24)10-7-14-26-17-8-5-4-6-9-17/h1,4-6,8-9,11-12,15H,7,10,13-14H2,2H3. The van der Waals surface area contributed by atoms with E-state index in [0.29, 0.717) is 17.8 Å². The molecule has 0 aliphatic carbocycles. The molecule has 2 aromatic carbocycles. The molecular weight excluding hydrogens is 376 g/mol. The molecule has 4 nitrogen and oxygen atoms in total. The van der Waals surface area contributed by atoms with Gasteiger partial charge in [0.1, 0.15) is 5.75 Å². The molecule has 1 amide bonds. The normalized spacial score (nSPS) is 11.5. The highest BCUT2D eigenvalue weighted by atomic mass is 32.2. The van der Waals surface area contributed by atoms with Gasteiger partial charge in [-0.1, -0.05) is 35.5 Å². The van der Waals surface area contributed by atoms with Gasteiger partial charge in [0.15, 0.2) is 4.80 Å². The molecule has 0 atom stereocenters. The van der Waals surface area contributed by atoms with Crippen LogP contribution in [0.4, 0.5) is 0 Å². The van der Waals surface area contributed by atoms with Gasteiger partial charge in [-0.2, -0.15) is 4.99 Å². The maximum atomic E-state index is 12.3. The fraction of sp³-hybridized carbons (Fsp3) is 0.238. The molecule has 0 bridgehead atoms. The minimum Gasteiger partial charge on any atom is -0.497 e. The number of amides is 1. The van der Waals surface area contributed by atoms with Crippen molar-refractivity contribution in [2.45, 2.75) is 24.3 Å². The van der Waals surface area contributed by atoms with Gasteiger partial charge in [0.05, 0.1) is 23.9 Å². The molecule has 0 aliphatic rings. The van der Waals surface area contributed by atoms with E-state index in [1.165, 1.54) is 16.2 Å². The van der Waals surface area contributed by atoms with E-state index in [-0.39, 0.29) is 5.91 Å². The van der Waals surface area contributed by atoms with E-state index in [9.17, 15) is 4.79 Å². The summed E-state index contributed by atoms with van der Waals surface area (Å²) < 4.78 is 8.17. The van der Waals surface area contributed by atoms with Crippen molar-refractivity contribution in [3.63, 3.8) is 0 Å². The molecule has 138 valence electrons. The number of terminal acetylenes is 1. The number of carbonyl (C=O) groups is 1. The number of rotatable bonds is 7. The van der Waals surface area contributed by atoms with Crippen molar-refractivity contribution < 1.29 is 9.53 Å². The van der Waals surface area contributed by atoms with Crippen LogP contribution >= 0.6 is 23.1 Å². The minimum atomic E-state index is -0.118. The van der Waals surface area contributed by atoms with Crippen LogP contribution in [0, 0.1) is 12.3 Å². The summed E-state index contributed by atoms with van der Waals surface area (Å²) in [4.78, 5) is 18.5. The lowest BCUT2D eigenvalue weighted by atomic mass is 10.3. The number of thiazole rings is 1. The maximum absolute atomic E-state index is 12.3. The van der Waals surface area contributed by atoms with Gasteiger partial charge in [-0.25, -0.2) is 0 Å². The molecule has 0 N–H and O–H groups in total. The van der Waals surface area contributed by atoms with E-state index in [2.05, 4.69) is 23.0 Å². The molecule has 0 saturated carbocycles. The fourth-order valence-corrected chi connectivity index (χ4v) is 4.55. The number of benzene rings is 2. The van der Waals surface area contributed by atoms with E-state index in [1.807, 2.05) is 41.0 Å². The van der Waals surface area contributed by atoms with Gasteiger partial charge >= 0.3 is 0 Å². The lowest BCUT2D eigenvalue weighted by molar-refractivity contribution is -0.118. The summed E-state index contributed by atoms with van der Waals surface area (Å²) in [5.74, 6) is 4.18. The van der Waals surface area contributed by atoms with Gasteiger partial charge in [-0.15, -0.1) is 18.2 Å². The van der Waals surface area contributed by atoms with Crippen molar-refractivity contribution in [1.82, 2.24) is 4.57 Å². The smallest absolute Gasteiger partial charge is 0.248 e. The molecule has 3 aromatic rings. The summed E-state index contributed by atoms with van der Waals surface area (Å²) >= 11 is 3.20. The van der Waals surface area contributed by atoms with Crippen LogP contribution in [0.3, 0.4) is 0 Å². The van der Waals surface area contributed by atoms with Crippen molar-refractivity contribution in [3.8, 4) is 18.1 Å². The number of hydrogen-bond acceptors (Lipinski definition) is 4. The van der Waals surface area contributed by atoms with Crippen LogP contribution in [0.2, 0.25) is 0 Å². The van der Waals surface area contributed by atoms with Gasteiger partial charge < -0.3 is 9.30 Å². The van der Waals surface area contributed by atoms with E-state index in [1.54, 1.807) is 18.9 Å². The topological polar surface area (TPSA) is 43.6 Å². The molecule has 0 spiro atoms. The number of ether oxygens (including phenoxy) is 1. The second kappa shape index (κ2) is 9.45. The summed E-state index contributed by atoms with van der Waals surface area (Å²) in [6.07, 6.45) is 6.71. The van der Waals surface area contributed by atoms with Crippen molar-refractivity contribution in [3.05, 3.63) is 53.3 Å². The Balaban J connectivity index is 1.71. The Morgan fingerprint density at radius 2 is 2.11 bits per heavy atom. The van der Waals surface area contributed by atoms with Crippen LogP contribution in [0.1, 0.15) is 12.8 Å². The summed E-state index contributed by atoms with van der Waals surface area (Å²) in [6, 6.07) is 15.9. The highest BCUT2D eigenvalue weighted by Crippen LogP contribution is 2.23. The number of nitrogens with zero attached hydrogens (tertiary/aromatic N) is 2. The Labute approximate surface area is 166 Å². The van der Waals surface area contributed by atoms with Gasteiger partial charge in [0, 0.05) is 11.3 Å². The summed E-state index contributed by atoms with van der Waals surface area (Å²) in [5, 5.41) is 0. The molecule has 6 heteroatoms. The minimum absolute atomic E-state index is 0.118. The molecule has 1 heterocycles. The predicted octanol–water partition coefficient (Wildman–Crippen LogP) is 4.34. The van der Waals surface area contributed by atoms with Crippen LogP contribution in [-0.2, 0) is 11.3 Å². The third-order valence-electron chi connectivity index (χ3n) is 3.91. The summed E-state index contributed by atoms with van der Waals surface area (Å²) in [7, 11) is 1.63. The van der Waals surface area contributed by atoms with Crippen LogP contribution in [0.15, 0.2) is 58.4 Å². The van der Waals surface area contributed by atoms with E-state index in [0.717, 1.165) is 28.1 Å². The van der Waals surface area contributed by atoms with Crippen molar-refractivity contribution in [2.75, 3.05) is 12.9 Å². The van der Waals surface area contributed by atoms with Crippen molar-refractivity contribution in [1.29, 1.82) is 0 Å². The molecule has 1 aromatic heterocycles. The zero-order valence-electron chi connectivity index (χ0n) is 15.1. The Morgan fingerprint density at radius 1 is 1.30 bits per heavy atom.